The van der Waals surface area contributed by atoms with Crippen LogP contribution in [0.25, 0.3) is 0 Å². The lowest BCUT2D eigenvalue weighted by atomic mass is 9.67. The van der Waals surface area contributed by atoms with Crippen molar-refractivity contribution in [3.05, 3.63) is 0 Å². The highest BCUT2D eigenvalue weighted by Gasteiger charge is 2.36. The van der Waals surface area contributed by atoms with E-state index in [4.69, 9.17) is 0 Å². The van der Waals surface area contributed by atoms with Gasteiger partial charge in [0.05, 0.1) is 0 Å². The molecule has 1 saturated heterocycles. The van der Waals surface area contributed by atoms with Crippen molar-refractivity contribution < 1.29 is 4.79 Å². The summed E-state index contributed by atoms with van der Waals surface area (Å²) in [6.45, 7) is 1.82. The second kappa shape index (κ2) is 5.92. The SMILES string of the molecule is CN(C)C(=O)N1CCC(NC2CC3CCC2CC3)CC1. The number of hydrogen-bond donors (Lipinski definition) is 1. The second-order valence-electron chi connectivity index (χ2n) is 7.23. The highest BCUT2D eigenvalue weighted by molar-refractivity contribution is 5.73. The van der Waals surface area contributed by atoms with E-state index < -0.39 is 0 Å². The number of nitrogens with zero attached hydrogens (tertiary/aromatic N) is 2. The fourth-order valence-corrected chi connectivity index (χ4v) is 4.41. The molecule has 4 heteroatoms. The first kappa shape index (κ1) is 14.2. The van der Waals surface area contributed by atoms with E-state index in [0.717, 1.165) is 43.8 Å². The van der Waals surface area contributed by atoms with Crippen molar-refractivity contribution in [1.82, 2.24) is 15.1 Å². The average Bonchev–Trinajstić information content (AvgIpc) is 2.48. The third-order valence-corrected chi connectivity index (χ3v) is 5.65. The maximum Gasteiger partial charge on any atom is 0.319 e. The summed E-state index contributed by atoms with van der Waals surface area (Å²) >= 11 is 0. The van der Waals surface area contributed by atoms with Crippen LogP contribution in [0.1, 0.15) is 44.9 Å². The molecular weight excluding hydrogens is 250 g/mol. The van der Waals surface area contributed by atoms with Crippen molar-refractivity contribution in [2.75, 3.05) is 27.2 Å². The number of fused-ring (bicyclic) bond motifs is 3. The van der Waals surface area contributed by atoms with Crippen LogP contribution in [0.2, 0.25) is 0 Å². The minimum Gasteiger partial charge on any atom is -0.331 e. The molecule has 0 spiro atoms. The van der Waals surface area contributed by atoms with Gasteiger partial charge in [-0.15, -0.1) is 0 Å². The summed E-state index contributed by atoms with van der Waals surface area (Å²) < 4.78 is 0. The van der Waals surface area contributed by atoms with Gasteiger partial charge in [-0.2, -0.15) is 0 Å². The summed E-state index contributed by atoms with van der Waals surface area (Å²) in [6.07, 6.45) is 9.47. The van der Waals surface area contributed by atoms with Crippen LogP contribution in [0.3, 0.4) is 0 Å². The number of urea groups is 1. The van der Waals surface area contributed by atoms with Crippen LogP contribution in [-0.2, 0) is 0 Å². The van der Waals surface area contributed by atoms with E-state index in [-0.39, 0.29) is 6.03 Å². The van der Waals surface area contributed by atoms with Crippen molar-refractivity contribution in [3.63, 3.8) is 0 Å². The fourth-order valence-electron chi connectivity index (χ4n) is 4.41. The van der Waals surface area contributed by atoms with Crippen molar-refractivity contribution >= 4 is 6.03 Å². The van der Waals surface area contributed by atoms with Crippen LogP contribution < -0.4 is 5.32 Å². The molecule has 0 aromatic carbocycles. The Hall–Kier alpha value is -0.770. The Labute approximate surface area is 122 Å². The molecule has 0 aromatic rings. The van der Waals surface area contributed by atoms with Gasteiger partial charge in [0, 0.05) is 39.3 Å². The molecule has 1 heterocycles. The summed E-state index contributed by atoms with van der Waals surface area (Å²) in [6, 6.07) is 1.56. The van der Waals surface area contributed by atoms with Gasteiger partial charge in [0.15, 0.2) is 0 Å². The zero-order chi connectivity index (χ0) is 14.1. The number of hydrogen-bond acceptors (Lipinski definition) is 2. The summed E-state index contributed by atoms with van der Waals surface area (Å²) in [5.41, 5.74) is 0. The summed E-state index contributed by atoms with van der Waals surface area (Å²) in [5.74, 6) is 1.93. The Morgan fingerprint density at radius 1 is 1.05 bits per heavy atom. The quantitative estimate of drug-likeness (QED) is 0.842. The molecule has 2 amide bonds. The number of amides is 2. The van der Waals surface area contributed by atoms with E-state index in [9.17, 15) is 4.79 Å². The predicted molar refractivity (Wildman–Crippen MR) is 80.7 cm³/mol. The van der Waals surface area contributed by atoms with Gasteiger partial charge < -0.3 is 15.1 Å². The molecule has 3 saturated carbocycles. The molecule has 4 aliphatic rings. The molecule has 1 unspecified atom stereocenters. The standard InChI is InChI=1S/C16H29N3O/c1-18(2)16(20)19-9-7-14(8-10-19)17-15-11-12-3-5-13(15)6-4-12/h12-15,17H,3-11H2,1-2H3. The van der Waals surface area contributed by atoms with Gasteiger partial charge in [0.1, 0.15) is 0 Å². The minimum atomic E-state index is 0.167. The molecule has 1 N–H and O–H groups in total. The Morgan fingerprint density at radius 3 is 2.20 bits per heavy atom. The van der Waals surface area contributed by atoms with Gasteiger partial charge >= 0.3 is 6.03 Å². The molecule has 4 fully saturated rings. The molecule has 3 aliphatic carbocycles. The van der Waals surface area contributed by atoms with Crippen LogP contribution in [0.5, 0.6) is 0 Å². The van der Waals surface area contributed by atoms with E-state index in [1.165, 1.54) is 32.1 Å². The summed E-state index contributed by atoms with van der Waals surface area (Å²) in [7, 11) is 3.68. The van der Waals surface area contributed by atoms with Crippen LogP contribution >= 0.6 is 0 Å². The van der Waals surface area contributed by atoms with Gasteiger partial charge in [0.25, 0.3) is 0 Å². The summed E-state index contributed by atoms with van der Waals surface area (Å²) in [5, 5.41) is 3.93. The number of piperidine rings is 1. The number of carbonyl (C=O) groups is 1. The molecule has 0 radical (unpaired) electrons. The monoisotopic (exact) mass is 279 g/mol. The maximum atomic E-state index is 11.9. The van der Waals surface area contributed by atoms with E-state index >= 15 is 0 Å². The summed E-state index contributed by atoms with van der Waals surface area (Å²) in [4.78, 5) is 15.6. The number of rotatable bonds is 2. The molecule has 2 bridgehead atoms. The maximum absolute atomic E-state index is 11.9. The second-order valence-corrected chi connectivity index (χ2v) is 7.23. The molecule has 1 aliphatic heterocycles. The molecule has 20 heavy (non-hydrogen) atoms. The van der Waals surface area contributed by atoms with Crippen LogP contribution in [0.4, 0.5) is 4.79 Å². The van der Waals surface area contributed by atoms with Gasteiger partial charge in [0.2, 0.25) is 0 Å². The normalized spacial score (nSPS) is 34.3. The van der Waals surface area contributed by atoms with Gasteiger partial charge in [-0.1, -0.05) is 12.8 Å². The van der Waals surface area contributed by atoms with Crippen molar-refractivity contribution in [1.29, 1.82) is 0 Å². The molecule has 0 aromatic heterocycles. The van der Waals surface area contributed by atoms with Crippen LogP contribution in [-0.4, -0.2) is 55.1 Å². The third-order valence-electron chi connectivity index (χ3n) is 5.65. The lowest BCUT2D eigenvalue weighted by molar-refractivity contribution is 0.101. The molecular formula is C16H29N3O. The van der Waals surface area contributed by atoms with E-state index in [0.29, 0.717) is 6.04 Å². The highest BCUT2D eigenvalue weighted by Crippen LogP contribution is 2.41. The first-order chi connectivity index (χ1) is 9.63. The molecule has 4 nitrogen and oxygen atoms in total. The van der Waals surface area contributed by atoms with Gasteiger partial charge in [-0.05, 0) is 43.9 Å². The molecule has 1 atom stereocenters. The van der Waals surface area contributed by atoms with Gasteiger partial charge in [-0.25, -0.2) is 4.79 Å². The van der Waals surface area contributed by atoms with Crippen molar-refractivity contribution in [2.24, 2.45) is 11.8 Å². The number of nitrogens with one attached hydrogen (secondary N) is 1. The number of carbonyl (C=O) groups excluding carboxylic acids is 1. The predicted octanol–water partition coefficient (Wildman–Crippen LogP) is 2.30. The Morgan fingerprint density at radius 2 is 1.70 bits per heavy atom. The van der Waals surface area contributed by atoms with Crippen molar-refractivity contribution in [2.45, 2.75) is 57.0 Å². The highest BCUT2D eigenvalue weighted by atomic mass is 16.2. The third kappa shape index (κ3) is 2.95. The molecule has 114 valence electrons. The van der Waals surface area contributed by atoms with E-state index in [1.807, 2.05) is 19.0 Å². The van der Waals surface area contributed by atoms with Crippen LogP contribution in [0, 0.1) is 11.8 Å². The fraction of sp³-hybridized carbons (Fsp3) is 0.938. The van der Waals surface area contributed by atoms with Crippen molar-refractivity contribution in [3.8, 4) is 0 Å². The van der Waals surface area contributed by atoms with E-state index in [1.54, 1.807) is 4.90 Å². The Kier molecular flexibility index (Phi) is 4.20. The average molecular weight is 279 g/mol. The first-order valence-electron chi connectivity index (χ1n) is 8.35. The molecule has 4 rings (SSSR count). The Bertz CT molecular complexity index is 342. The lowest BCUT2D eigenvalue weighted by Gasteiger charge is -2.45. The minimum absolute atomic E-state index is 0.167. The number of likely N-dealkylation sites (tertiary alicyclic amines) is 1. The first-order valence-corrected chi connectivity index (χ1v) is 8.35. The zero-order valence-electron chi connectivity index (χ0n) is 13.0. The largest absolute Gasteiger partial charge is 0.331 e. The van der Waals surface area contributed by atoms with E-state index in [2.05, 4.69) is 5.32 Å². The lowest BCUT2D eigenvalue weighted by Crippen LogP contribution is -2.53. The zero-order valence-corrected chi connectivity index (χ0v) is 13.0. The van der Waals surface area contributed by atoms with Gasteiger partial charge in [-0.3, -0.25) is 0 Å². The topological polar surface area (TPSA) is 35.6 Å². The van der Waals surface area contributed by atoms with Crippen LogP contribution in [0.15, 0.2) is 0 Å². The Balaban J connectivity index is 1.46. The smallest absolute Gasteiger partial charge is 0.319 e.